The molecule has 0 aliphatic rings. The van der Waals surface area contributed by atoms with Crippen LogP contribution in [0.1, 0.15) is 0 Å². The fourth-order valence-corrected chi connectivity index (χ4v) is 0. The van der Waals surface area contributed by atoms with Gasteiger partial charge < -0.3 is 49.3 Å². The van der Waals surface area contributed by atoms with Crippen LogP contribution in [-0.2, 0) is 117 Å². The molecule has 0 unspecified atom stereocenters. The molecule has 0 aromatic heterocycles. The van der Waals surface area contributed by atoms with Gasteiger partial charge >= 0.3 is 230 Å². The van der Waals surface area contributed by atoms with Gasteiger partial charge in [-0.1, -0.05) is 0 Å². The van der Waals surface area contributed by atoms with Crippen molar-refractivity contribution in [2.45, 2.75) is 0 Å². The molecule has 0 aromatic rings. The second-order valence-corrected chi connectivity index (χ2v) is 0. The fraction of sp³-hybridized carbons (Fsp3) is 0. The summed E-state index contributed by atoms with van der Waals surface area (Å²) in [7, 11) is 0. The molecule has 0 atom stereocenters. The molecule has 17 heavy (non-hydrogen) atoms. The Balaban J connectivity index is 0. The predicted octanol–water partition coefficient (Wildman–Crippen LogP) is -1.84. The summed E-state index contributed by atoms with van der Waals surface area (Å²) < 4.78 is 0. The molecule has 0 aliphatic heterocycles. The van der Waals surface area contributed by atoms with Gasteiger partial charge in [-0.05, 0) is 0 Å². The van der Waals surface area contributed by atoms with Crippen molar-refractivity contribution in [3.8, 4) is 0 Å². The molecule has 0 rings (SSSR count). The average molecular weight is 825 g/mol. The molecule has 9 nitrogen and oxygen atoms in total. The number of rotatable bonds is 0. The van der Waals surface area contributed by atoms with Gasteiger partial charge in [0.25, 0.3) is 0 Å². The van der Waals surface area contributed by atoms with Crippen LogP contribution in [0.4, 0.5) is 0 Å². The van der Waals surface area contributed by atoms with Crippen LogP contribution in [0.3, 0.4) is 0 Å². The molecule has 0 bridgehead atoms. The Hall–Kier alpha value is 7.04. The van der Waals surface area contributed by atoms with Gasteiger partial charge in [0.1, 0.15) is 0 Å². The van der Waals surface area contributed by atoms with Crippen LogP contribution in [0.25, 0.3) is 0 Å². The summed E-state index contributed by atoms with van der Waals surface area (Å²) in [6, 6.07) is 0. The molecule has 0 amide bonds. The third kappa shape index (κ3) is 206. The minimum atomic E-state index is 0. The zero-order valence-corrected chi connectivity index (χ0v) is 26.3. The number of hydrogen-bond donors (Lipinski definition) is 0. The second-order valence-electron chi connectivity index (χ2n) is 0. The Kier molecular flexibility index (Phi) is 3420. The van der Waals surface area contributed by atoms with Gasteiger partial charge in [-0.3, -0.25) is 0 Å². The van der Waals surface area contributed by atoms with Crippen LogP contribution in [0.5, 0.6) is 0 Å². The first-order valence-corrected chi connectivity index (χ1v) is 0. The van der Waals surface area contributed by atoms with Crippen LogP contribution in [0.15, 0.2) is 0 Å². The zero-order valence-electron chi connectivity index (χ0n) is 7.67. The van der Waals surface area contributed by atoms with Crippen molar-refractivity contribution in [3.05, 3.63) is 0 Å². The molecule has 0 spiro atoms. The van der Waals surface area contributed by atoms with Crippen LogP contribution < -0.4 is 0 Å². The van der Waals surface area contributed by atoms with Crippen molar-refractivity contribution in [2.75, 3.05) is 0 Å². The standard InChI is InChI=1S/2Co.2La.2Mn.9O.2Sr/q2*+2;2*+3;2*+2;9*-2;2*+2. The quantitative estimate of drug-likeness (QED) is 0.244. The second kappa shape index (κ2) is 226. The van der Waals surface area contributed by atoms with E-state index in [1.54, 1.807) is 0 Å². The van der Waals surface area contributed by atoms with E-state index in [0.717, 1.165) is 0 Å². The molecular formula is Co2La2Mn2O9Sr2. The van der Waals surface area contributed by atoms with E-state index in [1.807, 2.05) is 0 Å². The van der Waals surface area contributed by atoms with Gasteiger partial charge in [0.15, 0.2) is 0 Å². The molecule has 0 heterocycles. The summed E-state index contributed by atoms with van der Waals surface area (Å²) in [4.78, 5) is 0. The smallest absolute Gasteiger partial charge is 2.00 e. The van der Waals surface area contributed by atoms with E-state index in [9.17, 15) is 0 Å². The van der Waals surface area contributed by atoms with E-state index in [4.69, 9.17) is 0 Å². The van der Waals surface area contributed by atoms with Crippen LogP contribution >= 0.6 is 0 Å². The summed E-state index contributed by atoms with van der Waals surface area (Å²) in [6.07, 6.45) is 0. The Morgan fingerprint density at radius 1 is 0.294 bits per heavy atom. The summed E-state index contributed by atoms with van der Waals surface area (Å²) in [5, 5.41) is 0. The molecular weight excluding hydrogens is 825 g/mol. The van der Waals surface area contributed by atoms with Crippen molar-refractivity contribution in [1.82, 2.24) is 0 Å². The van der Waals surface area contributed by atoms with Crippen LogP contribution in [0.2, 0.25) is 0 Å². The maximum atomic E-state index is 0. The predicted molar refractivity (Wildman–Crippen MR) is 17.7 cm³/mol. The maximum absolute atomic E-state index is 0. The Labute approximate surface area is 272 Å². The molecule has 0 fully saturated rings. The van der Waals surface area contributed by atoms with Gasteiger partial charge in [0, 0.05) is 0 Å². The van der Waals surface area contributed by atoms with E-state index < -0.39 is 0 Å². The van der Waals surface area contributed by atoms with Crippen molar-refractivity contribution >= 4 is 91.0 Å². The van der Waals surface area contributed by atoms with Crippen molar-refractivity contribution in [2.24, 2.45) is 0 Å². The SMILES string of the molecule is [Co+2].[Co+2].[La+3].[La+3].[Mn+2].[Mn+2].[O-2].[O-2].[O-2].[O-2].[O-2].[O-2].[O-2].[O-2].[O-2].[Sr+2].[Sr+2]. The van der Waals surface area contributed by atoms with Crippen molar-refractivity contribution in [3.63, 3.8) is 0 Å². The van der Waals surface area contributed by atoms with Gasteiger partial charge in [-0.2, -0.15) is 0 Å². The first kappa shape index (κ1) is 257. The van der Waals surface area contributed by atoms with Gasteiger partial charge in [0.2, 0.25) is 0 Å². The van der Waals surface area contributed by atoms with Gasteiger partial charge in [0.05, 0.1) is 0 Å². The first-order chi connectivity index (χ1) is 0. The Bertz CT molecular complexity index is 33.0. The largest absolute Gasteiger partial charge is 3.00 e. The molecule has 0 aliphatic carbocycles. The third-order valence-electron chi connectivity index (χ3n) is 0. The van der Waals surface area contributed by atoms with E-state index >= 15 is 0 Å². The fourth-order valence-electron chi connectivity index (χ4n) is 0. The van der Waals surface area contributed by atoms with E-state index in [2.05, 4.69) is 0 Å². The topological polar surface area (TPSA) is 256 Å². The monoisotopic (exact) mass is 825 g/mol. The average Bonchev–Trinajstić information content (AvgIpc) is 0. The van der Waals surface area contributed by atoms with Crippen LogP contribution in [-0.4, -0.2) is 91.0 Å². The normalized spacial score (nSPS) is 0. The van der Waals surface area contributed by atoms with E-state index in [0.29, 0.717) is 0 Å². The minimum absolute atomic E-state index is 0. The molecule has 0 aromatic carbocycles. The van der Waals surface area contributed by atoms with E-state index in [1.165, 1.54) is 0 Å². The summed E-state index contributed by atoms with van der Waals surface area (Å²) in [5.41, 5.74) is 0. The minimum Gasteiger partial charge on any atom is -2.00 e. The summed E-state index contributed by atoms with van der Waals surface area (Å²) >= 11 is 0. The first-order valence-electron chi connectivity index (χ1n) is 0. The molecule has 0 saturated carbocycles. The molecule has 0 N–H and O–H groups in total. The Morgan fingerprint density at radius 3 is 0.294 bits per heavy atom. The van der Waals surface area contributed by atoms with Crippen LogP contribution in [0, 0.1) is 71.2 Å². The van der Waals surface area contributed by atoms with Crippen molar-refractivity contribution in [1.29, 1.82) is 0 Å². The number of hydrogen-bond acceptors (Lipinski definition) is 0. The maximum Gasteiger partial charge on any atom is 3.00 e. The molecule has 0 saturated heterocycles. The molecule has 96 valence electrons. The summed E-state index contributed by atoms with van der Waals surface area (Å²) in [6.45, 7) is 0. The third-order valence-corrected chi connectivity index (χ3v) is 0. The van der Waals surface area contributed by atoms with Gasteiger partial charge in [-0.25, -0.2) is 0 Å². The van der Waals surface area contributed by atoms with Crippen molar-refractivity contribution < 1.29 is 188 Å². The zero-order chi connectivity index (χ0) is 0. The molecule has 4 radical (unpaired) electrons. The Morgan fingerprint density at radius 2 is 0.294 bits per heavy atom. The van der Waals surface area contributed by atoms with E-state index in [-0.39, 0.29) is 279 Å². The molecule has 17 heteroatoms. The van der Waals surface area contributed by atoms with Gasteiger partial charge in [-0.15, -0.1) is 0 Å². The summed E-state index contributed by atoms with van der Waals surface area (Å²) in [5.74, 6) is 0.